The molecule has 0 aromatic heterocycles. The first-order valence-corrected chi connectivity index (χ1v) is 6.13. The fraction of sp³-hybridized carbons (Fsp3) is 0.600. The number of benzene rings is 1. The summed E-state index contributed by atoms with van der Waals surface area (Å²) in [5.41, 5.74) is 2.40. The molecule has 17 heavy (non-hydrogen) atoms. The maximum atomic E-state index is 10.1. The van der Waals surface area contributed by atoms with E-state index in [0.717, 1.165) is 5.56 Å². The van der Waals surface area contributed by atoms with Crippen molar-refractivity contribution in [1.82, 2.24) is 0 Å². The van der Waals surface area contributed by atoms with Gasteiger partial charge in [0.05, 0.1) is 12.7 Å². The van der Waals surface area contributed by atoms with Gasteiger partial charge in [0.1, 0.15) is 0 Å². The van der Waals surface area contributed by atoms with Crippen molar-refractivity contribution in [3.8, 4) is 0 Å². The Morgan fingerprint density at radius 1 is 1.18 bits per heavy atom. The molecular formula is C15H24O2. The van der Waals surface area contributed by atoms with E-state index >= 15 is 0 Å². The summed E-state index contributed by atoms with van der Waals surface area (Å²) in [6.45, 7) is 9.12. The first kappa shape index (κ1) is 14.2. The van der Waals surface area contributed by atoms with Gasteiger partial charge in [0.15, 0.2) is 0 Å². The van der Waals surface area contributed by atoms with Crippen LogP contribution in [0.1, 0.15) is 44.9 Å². The molecule has 0 heterocycles. The number of rotatable bonds is 4. The highest BCUT2D eigenvalue weighted by Gasteiger charge is 2.18. The van der Waals surface area contributed by atoms with E-state index in [9.17, 15) is 5.11 Å². The van der Waals surface area contributed by atoms with Gasteiger partial charge in [0, 0.05) is 13.0 Å². The Bertz CT molecular complexity index is 335. The topological polar surface area (TPSA) is 29.5 Å². The average molecular weight is 236 g/mol. The molecule has 0 saturated heterocycles. The van der Waals surface area contributed by atoms with Crippen molar-refractivity contribution in [2.24, 2.45) is 5.92 Å². The molecule has 0 aliphatic rings. The molecule has 1 aromatic rings. The van der Waals surface area contributed by atoms with Crippen LogP contribution in [0.2, 0.25) is 0 Å². The molecule has 0 radical (unpaired) electrons. The van der Waals surface area contributed by atoms with Crippen LogP contribution >= 0.6 is 0 Å². The number of aliphatic hydroxyl groups is 1. The van der Waals surface area contributed by atoms with Crippen molar-refractivity contribution in [1.29, 1.82) is 0 Å². The lowest BCUT2D eigenvalue weighted by Gasteiger charge is -2.22. The fourth-order valence-corrected chi connectivity index (χ4v) is 1.86. The van der Waals surface area contributed by atoms with Gasteiger partial charge in [0.2, 0.25) is 0 Å². The molecule has 0 spiro atoms. The van der Waals surface area contributed by atoms with E-state index < -0.39 is 6.10 Å². The SMILES string of the molecule is COCC(C)C(O)c1ccc(C(C)(C)C)cc1. The summed E-state index contributed by atoms with van der Waals surface area (Å²) in [5, 5.41) is 10.1. The Kier molecular flexibility index (Phi) is 4.72. The number of methoxy groups -OCH3 is 1. The zero-order chi connectivity index (χ0) is 13.1. The van der Waals surface area contributed by atoms with E-state index in [1.54, 1.807) is 7.11 Å². The van der Waals surface area contributed by atoms with Gasteiger partial charge in [0.25, 0.3) is 0 Å². The van der Waals surface area contributed by atoms with Crippen LogP contribution in [0.4, 0.5) is 0 Å². The van der Waals surface area contributed by atoms with Gasteiger partial charge in [-0.3, -0.25) is 0 Å². The molecule has 2 atom stereocenters. The Morgan fingerprint density at radius 2 is 1.71 bits per heavy atom. The third kappa shape index (κ3) is 3.83. The summed E-state index contributed by atoms with van der Waals surface area (Å²) < 4.78 is 5.06. The summed E-state index contributed by atoms with van der Waals surface area (Å²) in [6, 6.07) is 8.21. The minimum Gasteiger partial charge on any atom is -0.388 e. The lowest BCUT2D eigenvalue weighted by Crippen LogP contribution is -2.15. The molecule has 2 unspecified atom stereocenters. The third-order valence-corrected chi connectivity index (χ3v) is 3.09. The summed E-state index contributed by atoms with van der Waals surface area (Å²) in [6.07, 6.45) is -0.455. The molecular weight excluding hydrogens is 212 g/mol. The third-order valence-electron chi connectivity index (χ3n) is 3.09. The average Bonchev–Trinajstić information content (AvgIpc) is 2.27. The Balaban J connectivity index is 2.80. The maximum Gasteiger partial charge on any atom is 0.0837 e. The number of ether oxygens (including phenoxy) is 1. The van der Waals surface area contributed by atoms with Crippen molar-refractivity contribution in [3.05, 3.63) is 35.4 Å². The number of hydrogen-bond acceptors (Lipinski definition) is 2. The van der Waals surface area contributed by atoms with Crippen molar-refractivity contribution < 1.29 is 9.84 Å². The minimum atomic E-state index is -0.455. The Morgan fingerprint density at radius 3 is 2.12 bits per heavy atom. The van der Waals surface area contributed by atoms with Crippen LogP contribution in [0.15, 0.2) is 24.3 Å². The van der Waals surface area contributed by atoms with E-state index in [-0.39, 0.29) is 11.3 Å². The first-order valence-electron chi connectivity index (χ1n) is 6.13. The summed E-state index contributed by atoms with van der Waals surface area (Å²) in [7, 11) is 1.66. The predicted octanol–water partition coefficient (Wildman–Crippen LogP) is 3.30. The number of aliphatic hydroxyl groups excluding tert-OH is 1. The lowest BCUT2D eigenvalue weighted by molar-refractivity contribution is 0.0566. The van der Waals surface area contributed by atoms with Crippen molar-refractivity contribution >= 4 is 0 Å². The molecule has 0 saturated carbocycles. The highest BCUT2D eigenvalue weighted by atomic mass is 16.5. The quantitative estimate of drug-likeness (QED) is 0.869. The molecule has 1 N–H and O–H groups in total. The molecule has 0 aliphatic heterocycles. The van der Waals surface area contributed by atoms with Gasteiger partial charge in [-0.05, 0) is 16.5 Å². The van der Waals surface area contributed by atoms with Gasteiger partial charge >= 0.3 is 0 Å². The van der Waals surface area contributed by atoms with Crippen LogP contribution in [-0.2, 0) is 10.2 Å². The van der Waals surface area contributed by atoms with Crippen LogP contribution in [-0.4, -0.2) is 18.8 Å². The van der Waals surface area contributed by atoms with Crippen molar-refractivity contribution in [2.75, 3.05) is 13.7 Å². The lowest BCUT2D eigenvalue weighted by atomic mass is 9.86. The molecule has 96 valence electrons. The summed E-state index contributed by atoms with van der Waals surface area (Å²) in [5.74, 6) is 0.112. The number of hydrogen-bond donors (Lipinski definition) is 1. The minimum absolute atomic E-state index is 0.112. The Labute approximate surface area is 105 Å². The van der Waals surface area contributed by atoms with Gasteiger partial charge in [-0.2, -0.15) is 0 Å². The second-order valence-corrected chi connectivity index (χ2v) is 5.75. The second-order valence-electron chi connectivity index (χ2n) is 5.75. The van der Waals surface area contributed by atoms with Crippen LogP contribution in [0.3, 0.4) is 0 Å². The van der Waals surface area contributed by atoms with Crippen LogP contribution in [0, 0.1) is 5.92 Å². The molecule has 1 aromatic carbocycles. The molecule has 2 nitrogen and oxygen atoms in total. The summed E-state index contributed by atoms with van der Waals surface area (Å²) >= 11 is 0. The largest absolute Gasteiger partial charge is 0.388 e. The maximum absolute atomic E-state index is 10.1. The van der Waals surface area contributed by atoms with Gasteiger partial charge in [-0.15, -0.1) is 0 Å². The van der Waals surface area contributed by atoms with Crippen molar-refractivity contribution in [3.63, 3.8) is 0 Å². The van der Waals surface area contributed by atoms with E-state index in [1.807, 2.05) is 19.1 Å². The normalized spacial score (nSPS) is 15.6. The molecule has 0 bridgehead atoms. The fourth-order valence-electron chi connectivity index (χ4n) is 1.86. The van der Waals surface area contributed by atoms with Crippen LogP contribution in [0.25, 0.3) is 0 Å². The van der Waals surface area contributed by atoms with Gasteiger partial charge in [-0.1, -0.05) is 52.0 Å². The first-order chi connectivity index (χ1) is 7.86. The molecule has 1 rings (SSSR count). The van der Waals surface area contributed by atoms with Crippen LogP contribution < -0.4 is 0 Å². The monoisotopic (exact) mass is 236 g/mol. The zero-order valence-corrected chi connectivity index (χ0v) is 11.5. The zero-order valence-electron chi connectivity index (χ0n) is 11.5. The van der Waals surface area contributed by atoms with E-state index in [4.69, 9.17) is 4.74 Å². The van der Waals surface area contributed by atoms with E-state index in [1.165, 1.54) is 5.56 Å². The highest BCUT2D eigenvalue weighted by Crippen LogP contribution is 2.26. The highest BCUT2D eigenvalue weighted by molar-refractivity contribution is 5.28. The molecule has 0 amide bonds. The van der Waals surface area contributed by atoms with Crippen molar-refractivity contribution in [2.45, 2.75) is 39.2 Å². The van der Waals surface area contributed by atoms with E-state index in [0.29, 0.717) is 6.61 Å². The molecule has 0 aliphatic carbocycles. The molecule has 2 heteroatoms. The van der Waals surface area contributed by atoms with Crippen LogP contribution in [0.5, 0.6) is 0 Å². The molecule has 0 fully saturated rings. The Hall–Kier alpha value is -0.860. The standard InChI is InChI=1S/C15H24O2/c1-11(10-17-5)14(16)12-6-8-13(9-7-12)15(2,3)4/h6-9,11,14,16H,10H2,1-5H3. The second kappa shape index (κ2) is 5.65. The van der Waals surface area contributed by atoms with E-state index in [2.05, 4.69) is 32.9 Å². The smallest absolute Gasteiger partial charge is 0.0837 e. The summed E-state index contributed by atoms with van der Waals surface area (Å²) in [4.78, 5) is 0. The van der Waals surface area contributed by atoms with Gasteiger partial charge in [-0.25, -0.2) is 0 Å². The predicted molar refractivity (Wildman–Crippen MR) is 71.1 cm³/mol. The van der Waals surface area contributed by atoms with Gasteiger partial charge < -0.3 is 9.84 Å².